The number of benzene rings is 2. The molecule has 2 aromatic heterocycles. The van der Waals surface area contributed by atoms with Crippen molar-refractivity contribution in [3.8, 4) is 5.75 Å². The van der Waals surface area contributed by atoms with Crippen molar-refractivity contribution >= 4 is 23.1 Å². The number of nitrogens with one attached hydrogen (secondary N) is 3. The van der Waals surface area contributed by atoms with E-state index in [9.17, 15) is 4.79 Å². The fraction of sp³-hybridized carbons (Fsp3) is 0.0500. The van der Waals surface area contributed by atoms with E-state index in [1.54, 1.807) is 7.11 Å². The van der Waals surface area contributed by atoms with Gasteiger partial charge in [0.05, 0.1) is 17.7 Å². The van der Waals surface area contributed by atoms with Gasteiger partial charge in [0, 0.05) is 22.7 Å². The zero-order chi connectivity index (χ0) is 17.2. The second kappa shape index (κ2) is 6.20. The highest BCUT2D eigenvalue weighted by Crippen LogP contribution is 2.17. The summed E-state index contributed by atoms with van der Waals surface area (Å²) in [5.74, 6) is 0.797. The highest BCUT2D eigenvalue weighted by atomic mass is 16.5. The molecule has 5 nitrogen and oxygen atoms in total. The summed E-state index contributed by atoms with van der Waals surface area (Å²) in [5.41, 5.74) is 2.85. The Bertz CT molecular complexity index is 1190. The summed E-state index contributed by atoms with van der Waals surface area (Å²) in [7, 11) is 1.64. The minimum Gasteiger partial charge on any atom is -0.497 e. The van der Waals surface area contributed by atoms with Crippen LogP contribution in [0.1, 0.15) is 11.1 Å². The molecule has 0 spiro atoms. The number of hydrogen-bond acceptors (Lipinski definition) is 2. The number of fused-ring (bicyclic) bond motifs is 1. The van der Waals surface area contributed by atoms with Crippen molar-refractivity contribution in [2.24, 2.45) is 0 Å². The number of ether oxygens (including phenoxy) is 1. The SMILES string of the molecule is COc1ccc(C=c2[nH][nH]c(=O)c2=Cc2c[nH]c3ccccc23)cc1. The molecule has 25 heavy (non-hydrogen) atoms. The van der Waals surface area contributed by atoms with E-state index < -0.39 is 0 Å². The number of rotatable bonds is 3. The second-order valence-corrected chi connectivity index (χ2v) is 5.76. The van der Waals surface area contributed by atoms with Gasteiger partial charge in [0.25, 0.3) is 5.56 Å². The predicted octanol–water partition coefficient (Wildman–Crippen LogP) is 1.85. The molecule has 124 valence electrons. The fourth-order valence-corrected chi connectivity index (χ4v) is 2.87. The first-order valence-electron chi connectivity index (χ1n) is 7.95. The smallest absolute Gasteiger partial charge is 0.271 e. The van der Waals surface area contributed by atoms with Gasteiger partial charge in [0.1, 0.15) is 5.75 Å². The Morgan fingerprint density at radius 1 is 0.960 bits per heavy atom. The molecule has 4 rings (SSSR count). The van der Waals surface area contributed by atoms with E-state index in [-0.39, 0.29) is 5.56 Å². The first kappa shape index (κ1) is 15.1. The minimum absolute atomic E-state index is 0.148. The van der Waals surface area contributed by atoms with Crippen LogP contribution in [0.2, 0.25) is 0 Å². The summed E-state index contributed by atoms with van der Waals surface area (Å²) in [6.07, 6.45) is 5.73. The average Bonchev–Trinajstić information content (AvgIpc) is 3.21. The van der Waals surface area contributed by atoms with Crippen LogP contribution in [0.4, 0.5) is 0 Å². The van der Waals surface area contributed by atoms with Crippen molar-refractivity contribution in [1.29, 1.82) is 0 Å². The lowest BCUT2D eigenvalue weighted by molar-refractivity contribution is 0.415. The molecule has 0 saturated heterocycles. The Morgan fingerprint density at radius 2 is 1.76 bits per heavy atom. The van der Waals surface area contributed by atoms with Crippen LogP contribution in [0.3, 0.4) is 0 Å². The van der Waals surface area contributed by atoms with Crippen molar-refractivity contribution in [2.45, 2.75) is 0 Å². The zero-order valence-corrected chi connectivity index (χ0v) is 13.7. The zero-order valence-electron chi connectivity index (χ0n) is 13.7. The quantitative estimate of drug-likeness (QED) is 0.536. The van der Waals surface area contributed by atoms with Gasteiger partial charge in [-0.2, -0.15) is 0 Å². The molecule has 0 unspecified atom stereocenters. The van der Waals surface area contributed by atoms with Crippen LogP contribution in [0.5, 0.6) is 5.75 Å². The molecule has 5 heteroatoms. The Labute approximate surface area is 143 Å². The van der Waals surface area contributed by atoms with E-state index >= 15 is 0 Å². The molecule has 0 aliphatic rings. The number of hydrogen-bond donors (Lipinski definition) is 3. The largest absolute Gasteiger partial charge is 0.497 e. The number of H-pyrrole nitrogens is 3. The van der Waals surface area contributed by atoms with Crippen molar-refractivity contribution < 1.29 is 4.74 Å². The molecule has 0 bridgehead atoms. The van der Waals surface area contributed by atoms with Crippen molar-refractivity contribution in [3.05, 3.63) is 86.8 Å². The van der Waals surface area contributed by atoms with Gasteiger partial charge in [-0.15, -0.1) is 0 Å². The first-order valence-corrected chi connectivity index (χ1v) is 7.95. The van der Waals surface area contributed by atoms with Gasteiger partial charge < -0.3 is 9.72 Å². The summed E-state index contributed by atoms with van der Waals surface area (Å²) in [4.78, 5) is 15.4. The van der Waals surface area contributed by atoms with Crippen molar-refractivity contribution in [2.75, 3.05) is 7.11 Å². The molecule has 3 N–H and O–H groups in total. The summed E-state index contributed by atoms with van der Waals surface area (Å²) >= 11 is 0. The summed E-state index contributed by atoms with van der Waals surface area (Å²) in [5, 5.41) is 8.02. The lowest BCUT2D eigenvalue weighted by Crippen LogP contribution is -2.33. The molecule has 0 amide bonds. The number of aromatic amines is 3. The van der Waals surface area contributed by atoms with Crippen molar-refractivity contribution in [3.63, 3.8) is 0 Å². The molecule has 0 aliphatic heterocycles. The van der Waals surface area contributed by atoms with Crippen molar-refractivity contribution in [1.82, 2.24) is 15.2 Å². The molecule has 0 atom stereocenters. The Balaban J connectivity index is 1.87. The molecule has 2 aromatic carbocycles. The number of para-hydroxylation sites is 1. The van der Waals surface area contributed by atoms with Crippen LogP contribution < -0.4 is 20.9 Å². The van der Waals surface area contributed by atoms with E-state index in [4.69, 9.17) is 4.74 Å². The molecule has 0 fully saturated rings. The van der Waals surface area contributed by atoms with Gasteiger partial charge in [-0.1, -0.05) is 30.3 Å². The fourth-order valence-electron chi connectivity index (χ4n) is 2.87. The van der Waals surface area contributed by atoms with Gasteiger partial charge in [-0.25, -0.2) is 0 Å². The van der Waals surface area contributed by atoms with Crippen LogP contribution in [0.15, 0.2) is 59.5 Å². The summed E-state index contributed by atoms with van der Waals surface area (Å²) in [6.45, 7) is 0. The van der Waals surface area contributed by atoms with Gasteiger partial charge >= 0.3 is 0 Å². The highest BCUT2D eigenvalue weighted by molar-refractivity contribution is 5.88. The predicted molar refractivity (Wildman–Crippen MR) is 99.1 cm³/mol. The lowest BCUT2D eigenvalue weighted by Gasteiger charge is -1.98. The standard InChI is InChI=1S/C20H17N3O2/c1-25-15-8-6-13(7-9-15)10-19-17(20(24)23-22-19)11-14-12-21-18-5-3-2-4-16(14)18/h2-12,21-22H,1H3,(H,23,24). The first-order chi connectivity index (χ1) is 12.2. The van der Waals surface area contributed by atoms with E-state index in [0.717, 1.165) is 33.1 Å². The molecular weight excluding hydrogens is 314 g/mol. The number of aromatic nitrogens is 3. The van der Waals surface area contributed by atoms with Crippen LogP contribution in [0.25, 0.3) is 23.1 Å². The van der Waals surface area contributed by atoms with Crippen LogP contribution in [0, 0.1) is 0 Å². The molecule has 2 heterocycles. The lowest BCUT2D eigenvalue weighted by atomic mass is 10.1. The Hall–Kier alpha value is -3.47. The van der Waals surface area contributed by atoms with E-state index in [2.05, 4.69) is 15.2 Å². The molecule has 0 aliphatic carbocycles. The van der Waals surface area contributed by atoms with Gasteiger partial charge in [0.15, 0.2) is 0 Å². The maximum atomic E-state index is 12.2. The monoisotopic (exact) mass is 331 g/mol. The van der Waals surface area contributed by atoms with Crippen LogP contribution in [-0.4, -0.2) is 22.3 Å². The topological polar surface area (TPSA) is 73.7 Å². The normalized spacial score (nSPS) is 12.8. The molecular formula is C20H17N3O2. The number of methoxy groups -OCH3 is 1. The van der Waals surface area contributed by atoms with Gasteiger partial charge in [0.2, 0.25) is 0 Å². The summed E-state index contributed by atoms with van der Waals surface area (Å²) in [6, 6.07) is 15.7. The third-order valence-corrected chi connectivity index (χ3v) is 4.19. The molecule has 0 radical (unpaired) electrons. The highest BCUT2D eigenvalue weighted by Gasteiger charge is 2.02. The second-order valence-electron chi connectivity index (χ2n) is 5.76. The maximum Gasteiger partial charge on any atom is 0.271 e. The van der Waals surface area contributed by atoms with Gasteiger partial charge in [-0.3, -0.25) is 15.0 Å². The van der Waals surface area contributed by atoms with Gasteiger partial charge in [-0.05, 0) is 35.9 Å². The van der Waals surface area contributed by atoms with E-state index in [1.165, 1.54) is 0 Å². The Kier molecular flexibility index (Phi) is 3.74. The minimum atomic E-state index is -0.148. The Morgan fingerprint density at radius 3 is 2.56 bits per heavy atom. The van der Waals surface area contributed by atoms with E-state index in [0.29, 0.717) is 5.22 Å². The third-order valence-electron chi connectivity index (χ3n) is 4.19. The average molecular weight is 331 g/mol. The third kappa shape index (κ3) is 2.87. The molecule has 4 aromatic rings. The maximum absolute atomic E-state index is 12.2. The van der Waals surface area contributed by atoms with Crippen LogP contribution >= 0.6 is 0 Å². The van der Waals surface area contributed by atoms with Crippen LogP contribution in [-0.2, 0) is 0 Å². The van der Waals surface area contributed by atoms with E-state index in [1.807, 2.05) is 66.9 Å². The molecule has 0 saturated carbocycles. The summed E-state index contributed by atoms with van der Waals surface area (Å²) < 4.78 is 5.17.